The van der Waals surface area contributed by atoms with Gasteiger partial charge < -0.3 is 15.1 Å². The summed E-state index contributed by atoms with van der Waals surface area (Å²) in [5, 5.41) is 3.23. The summed E-state index contributed by atoms with van der Waals surface area (Å²) in [5.41, 5.74) is 0. The lowest BCUT2D eigenvalue weighted by Gasteiger charge is -2.38. The Morgan fingerprint density at radius 2 is 1.83 bits per heavy atom. The summed E-state index contributed by atoms with van der Waals surface area (Å²) in [6.07, 6.45) is 4.94. The summed E-state index contributed by atoms with van der Waals surface area (Å²) in [6.45, 7) is 8.27. The van der Waals surface area contributed by atoms with Crippen LogP contribution >= 0.6 is 0 Å². The Kier molecular flexibility index (Phi) is 6.88. The van der Waals surface area contributed by atoms with Crippen LogP contribution < -0.4 is 5.32 Å². The summed E-state index contributed by atoms with van der Waals surface area (Å²) in [4.78, 5) is 29.1. The molecule has 2 aliphatic heterocycles. The lowest BCUT2D eigenvalue weighted by atomic mass is 9.92. The number of likely N-dealkylation sites (tertiary alicyclic amines) is 2. The van der Waals surface area contributed by atoms with Crippen molar-refractivity contribution in [3.05, 3.63) is 0 Å². The second-order valence-corrected chi connectivity index (χ2v) is 7.26. The Morgan fingerprint density at radius 3 is 2.43 bits per heavy atom. The third-order valence-corrected chi connectivity index (χ3v) is 5.54. The standard InChI is InChI=1S/C18H33N3O2/c1-4-14(2)17(22)21-9-5-6-16(13-21)18(23)20-10-7-15(8-11-20)12-19-3/h14-16,19H,4-13H2,1-3H3. The van der Waals surface area contributed by atoms with Crippen LogP contribution in [-0.4, -0.2) is 61.4 Å². The average molecular weight is 323 g/mol. The molecule has 2 rings (SSSR count). The molecular formula is C18H33N3O2. The Balaban J connectivity index is 1.86. The molecule has 0 aromatic rings. The number of nitrogens with zero attached hydrogens (tertiary/aromatic N) is 2. The van der Waals surface area contributed by atoms with Gasteiger partial charge in [-0.1, -0.05) is 13.8 Å². The van der Waals surface area contributed by atoms with Gasteiger partial charge in [0, 0.05) is 32.1 Å². The normalized spacial score (nSPS) is 24.6. The first-order chi connectivity index (χ1) is 11.1. The predicted molar refractivity (Wildman–Crippen MR) is 92.0 cm³/mol. The third-order valence-electron chi connectivity index (χ3n) is 5.54. The van der Waals surface area contributed by atoms with Crippen LogP contribution in [0.15, 0.2) is 0 Å². The minimum absolute atomic E-state index is 0.0117. The van der Waals surface area contributed by atoms with Crippen LogP contribution in [0.3, 0.4) is 0 Å². The molecule has 0 aromatic carbocycles. The van der Waals surface area contributed by atoms with Crippen molar-refractivity contribution in [3.63, 3.8) is 0 Å². The molecule has 23 heavy (non-hydrogen) atoms. The van der Waals surface area contributed by atoms with Crippen LogP contribution in [-0.2, 0) is 9.59 Å². The van der Waals surface area contributed by atoms with Crippen molar-refractivity contribution in [1.29, 1.82) is 0 Å². The van der Waals surface area contributed by atoms with Gasteiger partial charge in [0.05, 0.1) is 5.92 Å². The lowest BCUT2D eigenvalue weighted by molar-refractivity contribution is -0.143. The maximum atomic E-state index is 12.8. The monoisotopic (exact) mass is 323 g/mol. The summed E-state index contributed by atoms with van der Waals surface area (Å²) < 4.78 is 0. The van der Waals surface area contributed by atoms with Crippen molar-refractivity contribution in [3.8, 4) is 0 Å². The van der Waals surface area contributed by atoms with Crippen LogP contribution in [0.1, 0.15) is 46.0 Å². The smallest absolute Gasteiger partial charge is 0.227 e. The molecule has 0 bridgehead atoms. The van der Waals surface area contributed by atoms with Crippen molar-refractivity contribution in [1.82, 2.24) is 15.1 Å². The molecule has 0 spiro atoms. The highest BCUT2D eigenvalue weighted by atomic mass is 16.2. The zero-order valence-electron chi connectivity index (χ0n) is 15.0. The number of carbonyl (C=O) groups is 2. The third kappa shape index (κ3) is 4.69. The van der Waals surface area contributed by atoms with Gasteiger partial charge in [-0.15, -0.1) is 0 Å². The first kappa shape index (κ1) is 18.2. The fourth-order valence-corrected chi connectivity index (χ4v) is 3.77. The Hall–Kier alpha value is -1.10. The topological polar surface area (TPSA) is 52.7 Å². The van der Waals surface area contributed by atoms with Gasteiger partial charge in [-0.3, -0.25) is 9.59 Å². The highest BCUT2D eigenvalue weighted by Crippen LogP contribution is 2.24. The number of piperidine rings is 2. The van der Waals surface area contributed by atoms with Gasteiger partial charge in [0.1, 0.15) is 0 Å². The van der Waals surface area contributed by atoms with Crippen molar-refractivity contribution in [2.24, 2.45) is 17.8 Å². The Labute approximate surface area is 140 Å². The molecule has 0 radical (unpaired) electrons. The molecule has 0 saturated carbocycles. The summed E-state index contributed by atoms with van der Waals surface area (Å²) in [6, 6.07) is 0. The highest BCUT2D eigenvalue weighted by molar-refractivity contribution is 5.82. The number of rotatable bonds is 5. The van der Waals surface area contributed by atoms with E-state index in [0.29, 0.717) is 12.5 Å². The number of nitrogens with one attached hydrogen (secondary N) is 1. The van der Waals surface area contributed by atoms with E-state index in [1.54, 1.807) is 0 Å². The van der Waals surface area contributed by atoms with Gasteiger partial charge in [0.2, 0.25) is 11.8 Å². The molecule has 2 aliphatic rings. The SMILES string of the molecule is CCC(C)C(=O)N1CCCC(C(=O)N2CCC(CNC)CC2)C1. The van der Waals surface area contributed by atoms with Crippen molar-refractivity contribution >= 4 is 11.8 Å². The van der Waals surface area contributed by atoms with E-state index >= 15 is 0 Å². The first-order valence-corrected chi connectivity index (χ1v) is 9.29. The fourth-order valence-electron chi connectivity index (χ4n) is 3.77. The molecule has 0 aromatic heterocycles. The van der Waals surface area contributed by atoms with Crippen molar-refractivity contribution in [2.75, 3.05) is 39.8 Å². The maximum absolute atomic E-state index is 12.8. The van der Waals surface area contributed by atoms with Gasteiger partial charge >= 0.3 is 0 Å². The Morgan fingerprint density at radius 1 is 1.13 bits per heavy atom. The van der Waals surface area contributed by atoms with E-state index in [1.807, 2.05) is 30.7 Å². The molecular weight excluding hydrogens is 290 g/mol. The minimum Gasteiger partial charge on any atom is -0.342 e. The van der Waals surface area contributed by atoms with Crippen LogP contribution in [0.2, 0.25) is 0 Å². The number of amides is 2. The van der Waals surface area contributed by atoms with Crippen LogP contribution in [0.25, 0.3) is 0 Å². The van der Waals surface area contributed by atoms with Crippen molar-refractivity contribution in [2.45, 2.75) is 46.0 Å². The molecule has 2 amide bonds. The number of carbonyl (C=O) groups excluding carboxylic acids is 2. The summed E-state index contributed by atoms with van der Waals surface area (Å²) >= 11 is 0. The van der Waals surface area contributed by atoms with Gasteiger partial charge in [-0.25, -0.2) is 0 Å². The predicted octanol–water partition coefficient (Wildman–Crippen LogP) is 1.73. The highest BCUT2D eigenvalue weighted by Gasteiger charge is 2.33. The zero-order chi connectivity index (χ0) is 16.8. The second kappa shape index (κ2) is 8.67. The van der Waals surface area contributed by atoms with Gasteiger partial charge in [-0.2, -0.15) is 0 Å². The van der Waals surface area contributed by atoms with E-state index in [4.69, 9.17) is 0 Å². The molecule has 2 heterocycles. The number of hydrogen-bond donors (Lipinski definition) is 1. The molecule has 2 atom stereocenters. The minimum atomic E-state index is 0.0117. The van der Waals surface area contributed by atoms with E-state index in [1.165, 1.54) is 0 Å². The van der Waals surface area contributed by atoms with Gasteiger partial charge in [-0.05, 0) is 51.6 Å². The summed E-state index contributed by atoms with van der Waals surface area (Å²) in [7, 11) is 1.99. The molecule has 132 valence electrons. The molecule has 5 heteroatoms. The zero-order valence-corrected chi connectivity index (χ0v) is 15.0. The average Bonchev–Trinajstić information content (AvgIpc) is 2.61. The molecule has 5 nitrogen and oxygen atoms in total. The molecule has 2 unspecified atom stereocenters. The van der Waals surface area contributed by atoms with E-state index in [9.17, 15) is 9.59 Å². The number of hydrogen-bond acceptors (Lipinski definition) is 3. The van der Waals surface area contributed by atoms with E-state index < -0.39 is 0 Å². The Bertz CT molecular complexity index is 405. The maximum Gasteiger partial charge on any atom is 0.227 e. The van der Waals surface area contributed by atoms with Crippen LogP contribution in [0.5, 0.6) is 0 Å². The van der Waals surface area contributed by atoms with Crippen molar-refractivity contribution < 1.29 is 9.59 Å². The van der Waals surface area contributed by atoms with E-state index in [-0.39, 0.29) is 23.7 Å². The van der Waals surface area contributed by atoms with Crippen LogP contribution in [0.4, 0.5) is 0 Å². The molecule has 0 aliphatic carbocycles. The first-order valence-electron chi connectivity index (χ1n) is 9.29. The summed E-state index contributed by atoms with van der Waals surface area (Å²) in [5.74, 6) is 1.27. The van der Waals surface area contributed by atoms with Crippen LogP contribution in [0, 0.1) is 17.8 Å². The quantitative estimate of drug-likeness (QED) is 0.838. The van der Waals surface area contributed by atoms with E-state index in [0.717, 1.165) is 58.3 Å². The second-order valence-electron chi connectivity index (χ2n) is 7.26. The van der Waals surface area contributed by atoms with E-state index in [2.05, 4.69) is 5.32 Å². The molecule has 1 N–H and O–H groups in total. The molecule has 2 fully saturated rings. The lowest BCUT2D eigenvalue weighted by Crippen LogP contribution is -2.49. The van der Waals surface area contributed by atoms with Gasteiger partial charge in [0.25, 0.3) is 0 Å². The largest absolute Gasteiger partial charge is 0.342 e. The van der Waals surface area contributed by atoms with Gasteiger partial charge in [0.15, 0.2) is 0 Å². The fraction of sp³-hybridized carbons (Fsp3) is 0.889. The molecule has 2 saturated heterocycles.